The molecule has 8 heteroatoms. The Kier molecular flexibility index (Phi) is 9.44. The molecule has 2 amide bonds. The molecular weight excluding hydrogens is 424 g/mol. The van der Waals surface area contributed by atoms with Crippen molar-refractivity contribution in [1.29, 1.82) is 0 Å². The summed E-state index contributed by atoms with van der Waals surface area (Å²) in [5, 5.41) is 7.97. The minimum Gasteiger partial charge on any atom is -0.349 e. The monoisotopic (exact) mass is 464 g/mol. The molecule has 3 rings (SSSR count). The predicted octanol–water partition coefficient (Wildman–Crippen LogP) is 3.68. The van der Waals surface area contributed by atoms with Crippen molar-refractivity contribution in [3.05, 3.63) is 0 Å². The first-order chi connectivity index (χ1) is 15.4. The average Bonchev–Trinajstić information content (AvgIpc) is 2.98. The van der Waals surface area contributed by atoms with Gasteiger partial charge in [0.1, 0.15) is 6.04 Å². The molecule has 1 heterocycles. The fourth-order valence-electron chi connectivity index (χ4n) is 5.24. The summed E-state index contributed by atoms with van der Waals surface area (Å²) in [7, 11) is 1.97. The summed E-state index contributed by atoms with van der Waals surface area (Å²) >= 11 is 1.59. The van der Waals surface area contributed by atoms with Gasteiger partial charge >= 0.3 is 5.91 Å². The number of Topliss-reactive ketones (excluding diaryl/α,β-unsaturated/α-hetero) is 1. The van der Waals surface area contributed by atoms with Crippen LogP contribution in [0.4, 0.5) is 0 Å². The lowest BCUT2D eigenvalue weighted by Gasteiger charge is -2.30. The second-order valence-electron chi connectivity index (χ2n) is 10.0. The number of amidine groups is 1. The van der Waals surface area contributed by atoms with Crippen LogP contribution in [0.25, 0.3) is 0 Å². The molecule has 1 aliphatic heterocycles. The molecule has 1 saturated heterocycles. The standard InChI is InChI=1S/C24H40N4O3S/c1-16(2)19-15-32-24(28(19)3)27-26-23(31)21(29)20(17-11-9-6-10-12-17)25-22(30)18-13-7-4-5-8-14-18/h16-20H,4-15H2,1-3H3,(H,25,30)(H,26,31)/b27-24-/t19-,20?/m0/s1. The zero-order valence-corrected chi connectivity index (χ0v) is 20.7. The summed E-state index contributed by atoms with van der Waals surface area (Å²) in [5.41, 5.74) is 2.48. The molecule has 0 spiro atoms. The SMILES string of the molecule is CC(C)[C@@H]1CS/C(=N\NC(=O)C(=O)C(NC(=O)C2CCCCCC2)C2CCCCC2)N1C. The molecule has 1 unspecified atom stereocenters. The summed E-state index contributed by atoms with van der Waals surface area (Å²) in [6.45, 7) is 4.33. The first kappa shape index (κ1) is 25.1. The third-order valence-electron chi connectivity index (χ3n) is 7.36. The Morgan fingerprint density at radius 1 is 0.969 bits per heavy atom. The first-order valence-electron chi connectivity index (χ1n) is 12.5. The highest BCUT2D eigenvalue weighted by Gasteiger charge is 2.36. The lowest BCUT2D eigenvalue weighted by molar-refractivity contribution is -0.141. The van der Waals surface area contributed by atoms with Gasteiger partial charge in [0, 0.05) is 24.8 Å². The predicted molar refractivity (Wildman–Crippen MR) is 129 cm³/mol. The molecule has 3 aliphatic rings. The van der Waals surface area contributed by atoms with Crippen LogP contribution in [0.5, 0.6) is 0 Å². The number of carbonyl (C=O) groups excluding carboxylic acids is 3. The van der Waals surface area contributed by atoms with E-state index in [2.05, 4.69) is 34.6 Å². The Labute approximate surface area is 196 Å². The van der Waals surface area contributed by atoms with Crippen LogP contribution in [-0.4, -0.2) is 52.5 Å². The van der Waals surface area contributed by atoms with Crippen LogP contribution < -0.4 is 10.7 Å². The van der Waals surface area contributed by atoms with E-state index >= 15 is 0 Å². The topological polar surface area (TPSA) is 90.9 Å². The fraction of sp³-hybridized carbons (Fsp3) is 0.833. The van der Waals surface area contributed by atoms with Gasteiger partial charge in [-0.05, 0) is 37.5 Å². The number of hydrazone groups is 1. The lowest BCUT2D eigenvalue weighted by Crippen LogP contribution is -2.52. The molecule has 2 aliphatic carbocycles. The number of hydrogen-bond donors (Lipinski definition) is 2. The second kappa shape index (κ2) is 12.1. The highest BCUT2D eigenvalue weighted by atomic mass is 32.2. The number of ketones is 1. The molecule has 7 nitrogen and oxygen atoms in total. The van der Waals surface area contributed by atoms with Crippen molar-refractivity contribution >= 4 is 34.5 Å². The largest absolute Gasteiger partial charge is 0.349 e. The molecule has 2 N–H and O–H groups in total. The van der Waals surface area contributed by atoms with Gasteiger partial charge in [0.2, 0.25) is 11.7 Å². The van der Waals surface area contributed by atoms with Crippen molar-refractivity contribution in [2.45, 2.75) is 96.6 Å². The van der Waals surface area contributed by atoms with Crippen LogP contribution in [0.3, 0.4) is 0 Å². The molecule has 0 radical (unpaired) electrons. The van der Waals surface area contributed by atoms with E-state index < -0.39 is 17.7 Å². The van der Waals surface area contributed by atoms with Gasteiger partial charge in [-0.1, -0.05) is 70.6 Å². The van der Waals surface area contributed by atoms with Crippen LogP contribution in [0.1, 0.15) is 84.5 Å². The van der Waals surface area contributed by atoms with E-state index in [9.17, 15) is 14.4 Å². The average molecular weight is 465 g/mol. The second-order valence-corrected chi connectivity index (χ2v) is 11.0. The Morgan fingerprint density at radius 3 is 2.16 bits per heavy atom. The summed E-state index contributed by atoms with van der Waals surface area (Å²) in [4.78, 5) is 41.0. The van der Waals surface area contributed by atoms with Crippen molar-refractivity contribution in [2.24, 2.45) is 22.9 Å². The third-order valence-corrected chi connectivity index (χ3v) is 8.50. The Morgan fingerprint density at radius 2 is 1.56 bits per heavy atom. The maximum absolute atomic E-state index is 13.2. The molecule has 2 atom stereocenters. The zero-order valence-electron chi connectivity index (χ0n) is 19.9. The van der Waals surface area contributed by atoms with Crippen molar-refractivity contribution in [3.63, 3.8) is 0 Å². The van der Waals surface area contributed by atoms with Crippen LogP contribution in [-0.2, 0) is 14.4 Å². The van der Waals surface area contributed by atoms with Gasteiger partial charge in [-0.15, -0.1) is 5.10 Å². The molecule has 180 valence electrons. The maximum Gasteiger partial charge on any atom is 0.309 e. The summed E-state index contributed by atoms with van der Waals surface area (Å²) in [5.74, 6) is 0.0343. The molecule has 0 aromatic heterocycles. The van der Waals surface area contributed by atoms with Gasteiger partial charge in [0.15, 0.2) is 5.17 Å². The number of amides is 2. The van der Waals surface area contributed by atoms with E-state index in [1.165, 1.54) is 12.8 Å². The third kappa shape index (κ3) is 6.49. The number of nitrogens with zero attached hydrogens (tertiary/aromatic N) is 2. The van der Waals surface area contributed by atoms with Crippen LogP contribution >= 0.6 is 11.8 Å². The quantitative estimate of drug-likeness (QED) is 0.341. The van der Waals surface area contributed by atoms with Crippen LogP contribution in [0, 0.1) is 17.8 Å². The number of thioether (sulfide) groups is 1. The van der Waals surface area contributed by atoms with Gasteiger partial charge < -0.3 is 10.2 Å². The molecule has 0 bridgehead atoms. The van der Waals surface area contributed by atoms with Crippen molar-refractivity contribution in [3.8, 4) is 0 Å². The van der Waals surface area contributed by atoms with Gasteiger partial charge in [0.25, 0.3) is 0 Å². The number of carbonyl (C=O) groups is 3. The van der Waals surface area contributed by atoms with Crippen molar-refractivity contribution in [1.82, 2.24) is 15.6 Å². The summed E-state index contributed by atoms with van der Waals surface area (Å²) < 4.78 is 0. The number of nitrogens with one attached hydrogen (secondary N) is 2. The Bertz CT molecular complexity index is 697. The molecular formula is C24H40N4O3S. The van der Waals surface area contributed by atoms with E-state index in [1.54, 1.807) is 11.8 Å². The van der Waals surface area contributed by atoms with Gasteiger partial charge in [-0.25, -0.2) is 5.43 Å². The zero-order chi connectivity index (χ0) is 23.1. The molecule has 3 fully saturated rings. The molecule has 32 heavy (non-hydrogen) atoms. The van der Waals surface area contributed by atoms with E-state index in [1.807, 2.05) is 7.05 Å². The lowest BCUT2D eigenvalue weighted by atomic mass is 9.81. The Balaban J connectivity index is 1.65. The minimum atomic E-state index is -0.747. The molecule has 2 saturated carbocycles. The molecule has 0 aromatic rings. The number of hydrogen-bond acceptors (Lipinski definition) is 5. The van der Waals surface area contributed by atoms with Crippen molar-refractivity contribution < 1.29 is 14.4 Å². The van der Waals surface area contributed by atoms with E-state index in [0.717, 1.165) is 68.7 Å². The minimum absolute atomic E-state index is 0.0261. The van der Waals surface area contributed by atoms with E-state index in [-0.39, 0.29) is 17.7 Å². The van der Waals surface area contributed by atoms with Gasteiger partial charge in [-0.3, -0.25) is 14.4 Å². The Hall–Kier alpha value is -1.57. The normalized spacial score (nSPS) is 25.6. The van der Waals surface area contributed by atoms with Crippen molar-refractivity contribution in [2.75, 3.05) is 12.8 Å². The summed E-state index contributed by atoms with van der Waals surface area (Å²) in [6, 6.07) is -0.385. The van der Waals surface area contributed by atoms with Gasteiger partial charge in [0.05, 0.1) is 0 Å². The van der Waals surface area contributed by atoms with Gasteiger partial charge in [-0.2, -0.15) is 0 Å². The first-order valence-corrected chi connectivity index (χ1v) is 13.4. The van der Waals surface area contributed by atoms with Crippen LogP contribution in [0.2, 0.25) is 0 Å². The highest BCUT2D eigenvalue weighted by molar-refractivity contribution is 8.14. The van der Waals surface area contributed by atoms with E-state index in [0.29, 0.717) is 12.0 Å². The van der Waals surface area contributed by atoms with Crippen LogP contribution in [0.15, 0.2) is 5.10 Å². The molecule has 0 aromatic carbocycles. The fourth-order valence-corrected chi connectivity index (χ4v) is 6.62. The summed E-state index contributed by atoms with van der Waals surface area (Å²) in [6.07, 6.45) is 11.2. The number of rotatable bonds is 7. The smallest absolute Gasteiger partial charge is 0.309 e. The maximum atomic E-state index is 13.2. The highest BCUT2D eigenvalue weighted by Crippen LogP contribution is 2.29. The van der Waals surface area contributed by atoms with E-state index in [4.69, 9.17) is 0 Å².